The molecule has 0 aromatic carbocycles. The molecule has 0 radical (unpaired) electrons. The van der Waals surface area contributed by atoms with Crippen molar-refractivity contribution in [3.8, 4) is 0 Å². The maximum Gasteiger partial charge on any atom is 0.336 e. The van der Waals surface area contributed by atoms with Gasteiger partial charge in [0.1, 0.15) is 0 Å². The number of carbonyl (C=O) groups is 1. The predicted molar refractivity (Wildman–Crippen MR) is 57.6 cm³/mol. The van der Waals surface area contributed by atoms with E-state index in [1.54, 1.807) is 0 Å². The molecule has 1 aliphatic rings. The van der Waals surface area contributed by atoms with Gasteiger partial charge in [0.05, 0.1) is 5.57 Å². The quantitative estimate of drug-likeness (QED) is 0.624. The number of allylic oxidation sites excluding steroid dienone is 1. The SMILES string of the molecule is O=C(O)C1=C(Cl)CC(Cl)(S(=O)(=O)Cl)C=C1. The fraction of sp³-hybridized carbons (Fsp3) is 0.286. The van der Waals surface area contributed by atoms with Crippen molar-refractivity contribution in [2.75, 3.05) is 0 Å². The summed E-state index contributed by atoms with van der Waals surface area (Å²) in [5.41, 5.74) is -0.187. The van der Waals surface area contributed by atoms with E-state index in [2.05, 4.69) is 0 Å². The van der Waals surface area contributed by atoms with E-state index in [0.717, 1.165) is 12.2 Å². The Morgan fingerprint density at radius 2 is 2.07 bits per heavy atom. The van der Waals surface area contributed by atoms with Crippen LogP contribution in [-0.2, 0) is 13.8 Å². The molecule has 8 heteroatoms. The summed E-state index contributed by atoms with van der Waals surface area (Å²) in [5.74, 6) is -1.25. The molecule has 4 nitrogen and oxygen atoms in total. The van der Waals surface area contributed by atoms with Crippen molar-refractivity contribution in [1.29, 1.82) is 0 Å². The van der Waals surface area contributed by atoms with Gasteiger partial charge >= 0.3 is 5.97 Å². The molecule has 0 fully saturated rings. The molecule has 15 heavy (non-hydrogen) atoms. The van der Waals surface area contributed by atoms with E-state index in [1.165, 1.54) is 0 Å². The minimum Gasteiger partial charge on any atom is -0.478 e. The van der Waals surface area contributed by atoms with Crippen LogP contribution < -0.4 is 0 Å². The van der Waals surface area contributed by atoms with Crippen LogP contribution in [0.5, 0.6) is 0 Å². The molecule has 1 aliphatic carbocycles. The lowest BCUT2D eigenvalue weighted by Crippen LogP contribution is -2.29. The van der Waals surface area contributed by atoms with Gasteiger partial charge in [-0.1, -0.05) is 23.2 Å². The maximum atomic E-state index is 11.1. The van der Waals surface area contributed by atoms with Gasteiger partial charge in [-0.05, 0) is 12.2 Å². The number of hydrogen-bond acceptors (Lipinski definition) is 3. The van der Waals surface area contributed by atoms with Crippen LogP contribution in [0.3, 0.4) is 0 Å². The van der Waals surface area contributed by atoms with Crippen LogP contribution in [0, 0.1) is 0 Å². The number of halogens is 3. The molecule has 0 spiro atoms. The molecular formula is C7H5Cl3O4S. The zero-order valence-electron chi connectivity index (χ0n) is 7.08. The van der Waals surface area contributed by atoms with Crippen molar-refractivity contribution in [3.05, 3.63) is 22.8 Å². The summed E-state index contributed by atoms with van der Waals surface area (Å²) in [7, 11) is 1.04. The Bertz CT molecular complexity index is 465. The molecule has 1 unspecified atom stereocenters. The van der Waals surface area contributed by atoms with Gasteiger partial charge in [0.25, 0.3) is 9.05 Å². The van der Waals surface area contributed by atoms with Crippen molar-refractivity contribution >= 4 is 48.9 Å². The Morgan fingerprint density at radius 1 is 1.53 bits per heavy atom. The molecule has 0 aliphatic heterocycles. The van der Waals surface area contributed by atoms with Crippen molar-refractivity contribution in [3.63, 3.8) is 0 Å². The van der Waals surface area contributed by atoms with E-state index in [-0.39, 0.29) is 17.0 Å². The van der Waals surface area contributed by atoms with Crippen LogP contribution in [0.2, 0.25) is 0 Å². The third-order valence-corrected chi connectivity index (χ3v) is 5.18. The van der Waals surface area contributed by atoms with Gasteiger partial charge in [-0.3, -0.25) is 0 Å². The minimum atomic E-state index is -4.07. The van der Waals surface area contributed by atoms with Crippen LogP contribution in [0.4, 0.5) is 0 Å². The monoisotopic (exact) mass is 290 g/mol. The molecule has 84 valence electrons. The van der Waals surface area contributed by atoms with Gasteiger partial charge in [-0.2, -0.15) is 0 Å². The summed E-state index contributed by atoms with van der Waals surface area (Å²) in [5, 5.41) is 8.51. The zero-order valence-corrected chi connectivity index (χ0v) is 10.2. The Kier molecular flexibility index (Phi) is 3.40. The normalized spacial score (nSPS) is 26.9. The molecule has 0 saturated heterocycles. The first-order valence-electron chi connectivity index (χ1n) is 3.62. The van der Waals surface area contributed by atoms with E-state index in [0.29, 0.717) is 0 Å². The highest BCUT2D eigenvalue weighted by atomic mass is 35.7. The van der Waals surface area contributed by atoms with Crippen LogP contribution >= 0.6 is 33.9 Å². The highest BCUT2D eigenvalue weighted by Gasteiger charge is 2.42. The van der Waals surface area contributed by atoms with Gasteiger partial charge in [-0.25, -0.2) is 13.2 Å². The number of alkyl halides is 1. The molecular weight excluding hydrogens is 286 g/mol. The van der Waals surface area contributed by atoms with E-state index in [9.17, 15) is 13.2 Å². The van der Waals surface area contributed by atoms with E-state index in [1.807, 2.05) is 0 Å². The zero-order chi connectivity index (χ0) is 11.9. The van der Waals surface area contributed by atoms with Gasteiger partial charge in [-0.15, -0.1) is 0 Å². The molecule has 1 N–H and O–H groups in total. The van der Waals surface area contributed by atoms with E-state index < -0.39 is 19.2 Å². The largest absolute Gasteiger partial charge is 0.478 e. The first kappa shape index (κ1) is 12.8. The fourth-order valence-corrected chi connectivity index (χ4v) is 2.58. The Morgan fingerprint density at radius 3 is 2.40 bits per heavy atom. The van der Waals surface area contributed by atoms with Crippen LogP contribution in [0.15, 0.2) is 22.8 Å². The third-order valence-electron chi connectivity index (χ3n) is 1.82. The predicted octanol–water partition coefficient (Wildman–Crippen LogP) is 2.03. The summed E-state index contributed by atoms with van der Waals surface area (Å²) >= 11 is 11.3. The highest BCUT2D eigenvalue weighted by molar-refractivity contribution is 8.15. The topological polar surface area (TPSA) is 71.4 Å². The summed E-state index contributed by atoms with van der Waals surface area (Å²) in [6.45, 7) is 0. The number of rotatable bonds is 2. The van der Waals surface area contributed by atoms with Crippen LogP contribution in [0.25, 0.3) is 0 Å². The number of hydrogen-bond donors (Lipinski definition) is 1. The molecule has 1 atom stereocenters. The van der Waals surface area contributed by atoms with Crippen LogP contribution in [0.1, 0.15) is 6.42 Å². The Labute approximate surface area is 101 Å². The lowest BCUT2D eigenvalue weighted by atomic mass is 10.1. The summed E-state index contributed by atoms with van der Waals surface area (Å²) in [6.07, 6.45) is 1.67. The first-order chi connectivity index (χ1) is 6.67. The number of carboxylic acids is 1. The Balaban J connectivity index is 3.16. The lowest BCUT2D eigenvalue weighted by Gasteiger charge is -2.23. The van der Waals surface area contributed by atoms with Gasteiger partial charge in [0, 0.05) is 22.1 Å². The van der Waals surface area contributed by atoms with Crippen molar-refractivity contribution < 1.29 is 18.3 Å². The second-order valence-corrected chi connectivity index (χ2v) is 7.04. The third kappa shape index (κ3) is 2.47. The molecule has 0 aromatic rings. The molecule has 0 saturated carbocycles. The van der Waals surface area contributed by atoms with Crippen LogP contribution in [-0.4, -0.2) is 23.7 Å². The van der Waals surface area contributed by atoms with Crippen molar-refractivity contribution in [2.24, 2.45) is 0 Å². The lowest BCUT2D eigenvalue weighted by molar-refractivity contribution is -0.132. The molecule has 0 bridgehead atoms. The van der Waals surface area contributed by atoms with Gasteiger partial charge in [0.15, 0.2) is 4.21 Å². The second-order valence-electron chi connectivity index (χ2n) is 2.86. The van der Waals surface area contributed by atoms with E-state index in [4.69, 9.17) is 39.0 Å². The fourth-order valence-electron chi connectivity index (χ4n) is 1.02. The minimum absolute atomic E-state index is 0.149. The summed E-state index contributed by atoms with van der Waals surface area (Å²) in [6, 6.07) is 0. The number of carboxylic acid groups (broad SMARTS) is 1. The summed E-state index contributed by atoms with van der Waals surface area (Å²) in [4.78, 5) is 10.6. The standard InChI is InChI=1S/C7H5Cl3O4S/c8-5-3-7(9,15(10,13)14)2-1-4(5)6(11)12/h1-2H,3H2,(H,11,12). The molecule has 0 amide bonds. The first-order valence-corrected chi connectivity index (χ1v) is 6.68. The highest BCUT2D eigenvalue weighted by Crippen LogP contribution is 2.40. The molecule has 1 rings (SSSR count). The summed E-state index contributed by atoms with van der Waals surface area (Å²) < 4.78 is 20.3. The van der Waals surface area contributed by atoms with Crippen molar-refractivity contribution in [1.82, 2.24) is 0 Å². The average Bonchev–Trinajstić information content (AvgIpc) is 2.00. The molecule has 0 heterocycles. The van der Waals surface area contributed by atoms with E-state index >= 15 is 0 Å². The number of aliphatic carboxylic acids is 1. The smallest absolute Gasteiger partial charge is 0.336 e. The Hall–Kier alpha value is -0.230. The van der Waals surface area contributed by atoms with Crippen molar-refractivity contribution in [2.45, 2.75) is 10.6 Å². The maximum absolute atomic E-state index is 11.1. The average molecular weight is 292 g/mol. The second kappa shape index (κ2) is 3.97. The van der Waals surface area contributed by atoms with Gasteiger partial charge in [0.2, 0.25) is 0 Å². The molecule has 0 aromatic heterocycles. The van der Waals surface area contributed by atoms with Gasteiger partial charge < -0.3 is 5.11 Å².